The van der Waals surface area contributed by atoms with Crippen LogP contribution in [-0.4, -0.2) is 16.8 Å². The molecule has 2 amide bonds. The quantitative estimate of drug-likeness (QED) is 0.842. The van der Waals surface area contributed by atoms with Gasteiger partial charge in [-0.1, -0.05) is 57.2 Å². The molecule has 1 aromatic carbocycles. The molecule has 1 N–H and O–H groups in total. The summed E-state index contributed by atoms with van der Waals surface area (Å²) in [4.78, 5) is 18.9. The van der Waals surface area contributed by atoms with E-state index in [0.717, 1.165) is 5.56 Å². The van der Waals surface area contributed by atoms with Crippen LogP contribution in [0.15, 0.2) is 59.8 Å². The van der Waals surface area contributed by atoms with Gasteiger partial charge in [0, 0.05) is 17.2 Å². The van der Waals surface area contributed by atoms with Gasteiger partial charge in [0.25, 0.3) is 0 Å². The van der Waals surface area contributed by atoms with E-state index in [1.807, 2.05) is 48.6 Å². The van der Waals surface area contributed by atoms with Crippen molar-refractivity contribution in [2.45, 2.75) is 26.4 Å². The van der Waals surface area contributed by atoms with Crippen LogP contribution in [0, 0.1) is 5.41 Å². The van der Waals surface area contributed by atoms with Gasteiger partial charge in [-0.05, 0) is 12.2 Å². The zero-order chi connectivity index (χ0) is 15.1. The number of hydrogen-bond acceptors (Lipinski definition) is 2. The van der Waals surface area contributed by atoms with E-state index in [-0.39, 0.29) is 11.4 Å². The zero-order valence-corrected chi connectivity index (χ0v) is 12.5. The molecule has 2 aliphatic heterocycles. The molecule has 0 saturated carbocycles. The van der Waals surface area contributed by atoms with Gasteiger partial charge in [-0.25, -0.2) is 9.79 Å². The molecule has 1 aromatic rings. The minimum absolute atomic E-state index is 0.153. The van der Waals surface area contributed by atoms with Crippen molar-refractivity contribution in [1.29, 1.82) is 0 Å². The number of amidine groups is 1. The fraction of sp³-hybridized carbons (Fsp3) is 0.294. The van der Waals surface area contributed by atoms with Crippen molar-refractivity contribution < 1.29 is 4.79 Å². The Hall–Kier alpha value is -2.36. The van der Waals surface area contributed by atoms with Gasteiger partial charge < -0.3 is 5.32 Å². The minimum Gasteiger partial charge on any atom is -0.308 e. The van der Waals surface area contributed by atoms with E-state index in [2.05, 4.69) is 26.1 Å². The number of nitrogens with zero attached hydrogens (tertiary/aromatic N) is 2. The van der Waals surface area contributed by atoms with Gasteiger partial charge in [-0.15, -0.1) is 0 Å². The van der Waals surface area contributed by atoms with Gasteiger partial charge >= 0.3 is 6.03 Å². The van der Waals surface area contributed by atoms with Crippen molar-refractivity contribution in [3.05, 3.63) is 60.3 Å². The fourth-order valence-electron chi connectivity index (χ4n) is 2.72. The number of benzene rings is 1. The summed E-state index contributed by atoms with van der Waals surface area (Å²) < 4.78 is 0. The van der Waals surface area contributed by atoms with E-state index in [9.17, 15) is 4.79 Å². The van der Waals surface area contributed by atoms with Crippen LogP contribution in [0.4, 0.5) is 4.79 Å². The first-order chi connectivity index (χ1) is 9.94. The van der Waals surface area contributed by atoms with E-state index >= 15 is 0 Å². The lowest BCUT2D eigenvalue weighted by atomic mass is 9.75. The number of fused-ring (bicyclic) bond motifs is 1. The van der Waals surface area contributed by atoms with Crippen LogP contribution in [0.2, 0.25) is 0 Å². The summed E-state index contributed by atoms with van der Waals surface area (Å²) in [6.45, 7) is 6.26. The number of amides is 2. The Bertz CT molecular complexity index is 652. The molecule has 0 spiro atoms. The third-order valence-corrected chi connectivity index (χ3v) is 3.90. The summed E-state index contributed by atoms with van der Waals surface area (Å²) in [7, 11) is 0. The lowest BCUT2D eigenvalue weighted by Crippen LogP contribution is -2.61. The molecule has 0 radical (unpaired) electrons. The smallest absolute Gasteiger partial charge is 0.308 e. The summed E-state index contributed by atoms with van der Waals surface area (Å²) in [5.74, 6) is 0.667. The van der Waals surface area contributed by atoms with Crippen molar-refractivity contribution in [3.63, 3.8) is 0 Å². The number of allylic oxidation sites excluding steroid dienone is 2. The van der Waals surface area contributed by atoms with Crippen LogP contribution in [-0.2, 0) is 5.66 Å². The third kappa shape index (κ3) is 2.07. The summed E-state index contributed by atoms with van der Waals surface area (Å²) in [5.41, 5.74) is -0.0499. The summed E-state index contributed by atoms with van der Waals surface area (Å²) in [6.07, 6.45) is 7.31. The van der Waals surface area contributed by atoms with E-state index in [0.29, 0.717) is 5.84 Å². The standard InChI is InChI=1S/C17H19N3O/c1-16(2,3)17(13-9-5-4-6-10-13)18-14-11-7-8-12-20(14)15(21)19-17/h4-12H,1-3H3,(H,19,21)/t17-/m1/s1. The Morgan fingerprint density at radius 1 is 1.14 bits per heavy atom. The molecule has 1 atom stereocenters. The van der Waals surface area contributed by atoms with Crippen molar-refractivity contribution in [2.24, 2.45) is 10.4 Å². The monoisotopic (exact) mass is 281 g/mol. The Morgan fingerprint density at radius 3 is 2.52 bits per heavy atom. The van der Waals surface area contributed by atoms with Crippen LogP contribution >= 0.6 is 0 Å². The van der Waals surface area contributed by atoms with Gasteiger partial charge in [0.2, 0.25) is 0 Å². The normalized spacial score (nSPS) is 24.4. The number of aliphatic imine (C=N–C) groups is 1. The van der Waals surface area contributed by atoms with Gasteiger partial charge in [-0.3, -0.25) is 4.90 Å². The van der Waals surface area contributed by atoms with E-state index in [1.165, 1.54) is 4.90 Å². The van der Waals surface area contributed by atoms with Crippen molar-refractivity contribution in [2.75, 3.05) is 0 Å². The summed E-state index contributed by atoms with van der Waals surface area (Å²) >= 11 is 0. The van der Waals surface area contributed by atoms with E-state index < -0.39 is 5.66 Å². The molecule has 0 aromatic heterocycles. The van der Waals surface area contributed by atoms with Crippen LogP contribution in [0.3, 0.4) is 0 Å². The highest BCUT2D eigenvalue weighted by Gasteiger charge is 2.48. The molecule has 2 heterocycles. The Morgan fingerprint density at radius 2 is 1.86 bits per heavy atom. The maximum Gasteiger partial charge on any atom is 0.329 e. The summed E-state index contributed by atoms with van der Waals surface area (Å²) in [6, 6.07) is 9.77. The second kappa shape index (κ2) is 4.58. The maximum atomic E-state index is 12.5. The van der Waals surface area contributed by atoms with Gasteiger partial charge in [0.15, 0.2) is 5.66 Å². The molecule has 0 bridgehead atoms. The van der Waals surface area contributed by atoms with Crippen LogP contribution in [0.25, 0.3) is 0 Å². The van der Waals surface area contributed by atoms with Crippen molar-refractivity contribution in [1.82, 2.24) is 10.2 Å². The lowest BCUT2D eigenvalue weighted by molar-refractivity contribution is 0.132. The number of nitrogens with one attached hydrogen (secondary N) is 1. The first kappa shape index (κ1) is 13.6. The highest BCUT2D eigenvalue weighted by atomic mass is 16.2. The number of urea groups is 1. The number of carbonyl (C=O) groups excluding carboxylic acids is 1. The SMILES string of the molecule is CC(C)(C)[C@]1(c2ccccc2)N=C2C=CC=CN2C(=O)N1. The minimum atomic E-state index is -0.771. The van der Waals surface area contributed by atoms with Crippen LogP contribution < -0.4 is 5.32 Å². The molecule has 4 heteroatoms. The average molecular weight is 281 g/mol. The zero-order valence-electron chi connectivity index (χ0n) is 12.5. The van der Waals surface area contributed by atoms with Crippen molar-refractivity contribution >= 4 is 11.9 Å². The number of hydrogen-bond donors (Lipinski definition) is 1. The highest BCUT2D eigenvalue weighted by molar-refractivity contribution is 6.07. The maximum absolute atomic E-state index is 12.5. The fourth-order valence-corrected chi connectivity index (χ4v) is 2.72. The second-order valence-corrected chi connectivity index (χ2v) is 6.30. The molecule has 0 fully saturated rings. The Labute approximate surface area is 124 Å². The van der Waals surface area contributed by atoms with Gasteiger partial charge in [-0.2, -0.15) is 0 Å². The predicted octanol–water partition coefficient (Wildman–Crippen LogP) is 3.39. The molecular weight excluding hydrogens is 262 g/mol. The first-order valence-corrected chi connectivity index (χ1v) is 7.06. The third-order valence-electron chi connectivity index (χ3n) is 3.90. The summed E-state index contributed by atoms with van der Waals surface area (Å²) in [5, 5.41) is 3.10. The molecule has 108 valence electrons. The topological polar surface area (TPSA) is 44.7 Å². The molecular formula is C17H19N3O. The molecule has 3 rings (SSSR count). The van der Waals surface area contributed by atoms with Crippen LogP contribution in [0.5, 0.6) is 0 Å². The second-order valence-electron chi connectivity index (χ2n) is 6.30. The van der Waals surface area contributed by atoms with E-state index in [1.54, 1.807) is 6.20 Å². The molecule has 21 heavy (non-hydrogen) atoms. The molecule has 2 aliphatic rings. The molecule has 0 unspecified atom stereocenters. The average Bonchev–Trinajstić information content (AvgIpc) is 2.47. The Kier molecular flexibility index (Phi) is 2.97. The van der Waals surface area contributed by atoms with Gasteiger partial charge in [0.1, 0.15) is 5.84 Å². The van der Waals surface area contributed by atoms with E-state index in [4.69, 9.17) is 4.99 Å². The van der Waals surface area contributed by atoms with Crippen molar-refractivity contribution in [3.8, 4) is 0 Å². The molecule has 0 aliphatic carbocycles. The number of carbonyl (C=O) groups is 1. The largest absolute Gasteiger partial charge is 0.329 e. The Balaban J connectivity index is 2.21. The lowest BCUT2D eigenvalue weighted by Gasteiger charge is -2.46. The van der Waals surface area contributed by atoms with Crippen LogP contribution in [0.1, 0.15) is 26.3 Å². The predicted molar refractivity (Wildman–Crippen MR) is 83.7 cm³/mol. The molecule has 4 nitrogen and oxygen atoms in total. The first-order valence-electron chi connectivity index (χ1n) is 7.06. The number of rotatable bonds is 1. The van der Waals surface area contributed by atoms with Gasteiger partial charge in [0.05, 0.1) is 0 Å². The highest BCUT2D eigenvalue weighted by Crippen LogP contribution is 2.42. The molecule has 0 saturated heterocycles.